The highest BCUT2D eigenvalue weighted by Crippen LogP contribution is 2.15. The molecule has 1 aliphatic heterocycles. The molecule has 0 radical (unpaired) electrons. The highest BCUT2D eigenvalue weighted by molar-refractivity contribution is 5.84. The van der Waals surface area contributed by atoms with Crippen LogP contribution in [0.15, 0.2) is 29.3 Å². The predicted molar refractivity (Wildman–Crippen MR) is 124 cm³/mol. The Hall–Kier alpha value is -2.28. The van der Waals surface area contributed by atoms with E-state index in [0.717, 1.165) is 31.2 Å². The van der Waals surface area contributed by atoms with Crippen molar-refractivity contribution in [3.63, 3.8) is 0 Å². The standard InChI is InChI=1S/C23H39N5O2/c1-6-14-28-15-12-19(17-28)16-26-21(24-5)25-13-11-18-7-9-20(10-8-18)27-22(29)30-23(2,3)4/h7-10,19H,6,11-17H2,1-5H3,(H,27,29)(H2,24,25,26). The van der Waals surface area contributed by atoms with Crippen molar-refractivity contribution in [2.45, 2.75) is 52.6 Å². The molecule has 1 fully saturated rings. The maximum Gasteiger partial charge on any atom is 0.412 e. The number of aliphatic imine (C=N–C) groups is 1. The lowest BCUT2D eigenvalue weighted by Gasteiger charge is -2.19. The van der Waals surface area contributed by atoms with Gasteiger partial charge in [-0.15, -0.1) is 0 Å². The number of benzene rings is 1. The summed E-state index contributed by atoms with van der Waals surface area (Å²) in [6.45, 7) is 13.1. The van der Waals surface area contributed by atoms with Crippen LogP contribution in [0.1, 0.15) is 46.1 Å². The van der Waals surface area contributed by atoms with Crippen LogP contribution in [-0.2, 0) is 11.2 Å². The van der Waals surface area contributed by atoms with Gasteiger partial charge in [0.25, 0.3) is 0 Å². The molecule has 7 heteroatoms. The van der Waals surface area contributed by atoms with Gasteiger partial charge in [-0.25, -0.2) is 4.79 Å². The molecule has 0 aliphatic carbocycles. The fourth-order valence-electron chi connectivity index (χ4n) is 3.56. The molecule has 2 rings (SSSR count). The molecule has 0 saturated carbocycles. The van der Waals surface area contributed by atoms with Crippen LogP contribution in [-0.4, -0.2) is 62.3 Å². The molecule has 1 saturated heterocycles. The van der Waals surface area contributed by atoms with Crippen molar-refractivity contribution in [1.82, 2.24) is 15.5 Å². The third kappa shape index (κ3) is 9.03. The number of amides is 1. The first kappa shape index (κ1) is 24.0. The minimum absolute atomic E-state index is 0.438. The van der Waals surface area contributed by atoms with Gasteiger partial charge in [-0.05, 0) is 76.7 Å². The van der Waals surface area contributed by atoms with Crippen LogP contribution in [0.3, 0.4) is 0 Å². The Labute approximate surface area is 181 Å². The zero-order valence-corrected chi connectivity index (χ0v) is 19.3. The van der Waals surface area contributed by atoms with E-state index in [2.05, 4.69) is 32.8 Å². The SMILES string of the molecule is CCCN1CCC(CNC(=NC)NCCc2ccc(NC(=O)OC(C)(C)C)cc2)C1. The van der Waals surface area contributed by atoms with Crippen molar-refractivity contribution in [3.05, 3.63) is 29.8 Å². The number of ether oxygens (including phenoxy) is 1. The zero-order valence-electron chi connectivity index (χ0n) is 19.3. The van der Waals surface area contributed by atoms with Crippen LogP contribution in [0.25, 0.3) is 0 Å². The third-order valence-electron chi connectivity index (χ3n) is 5.00. The molecule has 3 N–H and O–H groups in total. The van der Waals surface area contributed by atoms with Gasteiger partial charge < -0.3 is 20.3 Å². The van der Waals surface area contributed by atoms with Crippen LogP contribution < -0.4 is 16.0 Å². The quantitative estimate of drug-likeness (QED) is 0.446. The molecule has 168 valence electrons. The molecule has 1 heterocycles. The van der Waals surface area contributed by atoms with Crippen molar-refractivity contribution in [2.75, 3.05) is 45.1 Å². The van der Waals surface area contributed by atoms with Crippen LogP contribution >= 0.6 is 0 Å². The molecule has 0 aromatic heterocycles. The smallest absolute Gasteiger partial charge is 0.412 e. The van der Waals surface area contributed by atoms with Gasteiger partial charge in [-0.3, -0.25) is 10.3 Å². The van der Waals surface area contributed by atoms with Crippen LogP contribution in [0.5, 0.6) is 0 Å². The van der Waals surface area contributed by atoms with Gasteiger partial charge in [0.05, 0.1) is 0 Å². The first-order valence-electron chi connectivity index (χ1n) is 11.0. The van der Waals surface area contributed by atoms with Gasteiger partial charge in [-0.1, -0.05) is 19.1 Å². The van der Waals surface area contributed by atoms with E-state index in [9.17, 15) is 4.79 Å². The molecule has 1 atom stereocenters. The largest absolute Gasteiger partial charge is 0.444 e. The predicted octanol–water partition coefficient (Wildman–Crippen LogP) is 3.47. The minimum atomic E-state index is -0.505. The second-order valence-corrected chi connectivity index (χ2v) is 8.91. The van der Waals surface area contributed by atoms with Crippen LogP contribution in [0, 0.1) is 5.92 Å². The maximum absolute atomic E-state index is 11.8. The summed E-state index contributed by atoms with van der Waals surface area (Å²) in [4.78, 5) is 18.7. The highest BCUT2D eigenvalue weighted by atomic mass is 16.6. The molecule has 1 aromatic carbocycles. The summed E-state index contributed by atoms with van der Waals surface area (Å²) in [6.07, 6.45) is 2.92. The van der Waals surface area contributed by atoms with E-state index >= 15 is 0 Å². The maximum atomic E-state index is 11.8. The summed E-state index contributed by atoms with van der Waals surface area (Å²) in [5.74, 6) is 1.55. The molecule has 0 bridgehead atoms. The lowest BCUT2D eigenvalue weighted by molar-refractivity contribution is 0.0636. The van der Waals surface area contributed by atoms with Crippen molar-refractivity contribution in [2.24, 2.45) is 10.9 Å². The van der Waals surface area contributed by atoms with E-state index in [1.807, 2.05) is 52.1 Å². The number of carbonyl (C=O) groups is 1. The summed E-state index contributed by atoms with van der Waals surface area (Å²) in [6, 6.07) is 7.83. The lowest BCUT2D eigenvalue weighted by atomic mass is 10.1. The summed E-state index contributed by atoms with van der Waals surface area (Å²) < 4.78 is 5.27. The van der Waals surface area contributed by atoms with E-state index in [1.54, 1.807) is 0 Å². The van der Waals surface area contributed by atoms with Crippen molar-refractivity contribution in [3.8, 4) is 0 Å². The lowest BCUT2D eigenvalue weighted by Crippen LogP contribution is -2.41. The number of rotatable bonds is 8. The number of hydrogen-bond acceptors (Lipinski definition) is 4. The fourth-order valence-corrected chi connectivity index (χ4v) is 3.56. The van der Waals surface area contributed by atoms with Crippen LogP contribution in [0.2, 0.25) is 0 Å². The molecule has 1 aromatic rings. The topological polar surface area (TPSA) is 78.0 Å². The number of likely N-dealkylation sites (tertiary alicyclic amines) is 1. The summed E-state index contributed by atoms with van der Waals surface area (Å²) in [7, 11) is 1.81. The van der Waals surface area contributed by atoms with Gasteiger partial charge >= 0.3 is 6.09 Å². The Bertz CT molecular complexity index is 682. The second-order valence-electron chi connectivity index (χ2n) is 8.91. The number of hydrogen-bond donors (Lipinski definition) is 3. The summed E-state index contributed by atoms with van der Waals surface area (Å²) in [5.41, 5.74) is 1.42. The first-order valence-corrected chi connectivity index (χ1v) is 11.0. The van der Waals surface area contributed by atoms with Gasteiger partial charge in [0.1, 0.15) is 5.60 Å². The Morgan fingerprint density at radius 3 is 2.60 bits per heavy atom. The van der Waals surface area contributed by atoms with E-state index < -0.39 is 11.7 Å². The normalized spacial score (nSPS) is 17.6. The fraction of sp³-hybridized carbons (Fsp3) is 0.652. The van der Waals surface area contributed by atoms with Gasteiger partial charge in [0.15, 0.2) is 5.96 Å². The second kappa shape index (κ2) is 11.8. The zero-order chi connectivity index (χ0) is 22.0. The average Bonchev–Trinajstić information content (AvgIpc) is 3.12. The van der Waals surface area contributed by atoms with Crippen LogP contribution in [0.4, 0.5) is 10.5 Å². The molecule has 0 spiro atoms. The highest BCUT2D eigenvalue weighted by Gasteiger charge is 2.21. The molecule has 1 amide bonds. The summed E-state index contributed by atoms with van der Waals surface area (Å²) >= 11 is 0. The minimum Gasteiger partial charge on any atom is -0.444 e. The van der Waals surface area contributed by atoms with Crippen molar-refractivity contribution < 1.29 is 9.53 Å². The van der Waals surface area contributed by atoms with Gasteiger partial charge in [-0.2, -0.15) is 0 Å². The van der Waals surface area contributed by atoms with Gasteiger partial charge in [0.2, 0.25) is 0 Å². The average molecular weight is 418 g/mol. The van der Waals surface area contributed by atoms with E-state index in [0.29, 0.717) is 5.92 Å². The molecule has 7 nitrogen and oxygen atoms in total. The third-order valence-corrected chi connectivity index (χ3v) is 5.00. The number of anilines is 1. The molecular weight excluding hydrogens is 378 g/mol. The first-order chi connectivity index (χ1) is 14.3. The number of nitrogens with one attached hydrogen (secondary N) is 3. The monoisotopic (exact) mass is 417 g/mol. The van der Waals surface area contributed by atoms with E-state index in [-0.39, 0.29) is 0 Å². The molecule has 1 unspecified atom stereocenters. The van der Waals surface area contributed by atoms with E-state index in [1.165, 1.54) is 38.0 Å². The molecule has 1 aliphatic rings. The molecule has 30 heavy (non-hydrogen) atoms. The number of nitrogens with zero attached hydrogens (tertiary/aromatic N) is 2. The Balaban J connectivity index is 1.68. The number of carbonyl (C=O) groups excluding carboxylic acids is 1. The Morgan fingerprint density at radius 2 is 1.97 bits per heavy atom. The van der Waals surface area contributed by atoms with Crippen molar-refractivity contribution in [1.29, 1.82) is 0 Å². The number of guanidine groups is 1. The van der Waals surface area contributed by atoms with Gasteiger partial charge in [0, 0.05) is 32.4 Å². The Kier molecular flexibility index (Phi) is 9.43. The summed E-state index contributed by atoms with van der Waals surface area (Å²) in [5, 5.41) is 9.60. The van der Waals surface area contributed by atoms with Crippen molar-refractivity contribution >= 4 is 17.7 Å². The van der Waals surface area contributed by atoms with E-state index in [4.69, 9.17) is 4.74 Å². The Morgan fingerprint density at radius 1 is 1.23 bits per heavy atom. The molecular formula is C23H39N5O2.